The van der Waals surface area contributed by atoms with Gasteiger partial charge in [-0.1, -0.05) is 19.8 Å². The number of alkyl halides is 6. The minimum Gasteiger partial charge on any atom is -0.219 e. The Morgan fingerprint density at radius 1 is 1.00 bits per heavy atom. The first-order valence-corrected chi connectivity index (χ1v) is 9.18. The predicted octanol–water partition coefficient (Wildman–Crippen LogP) is 2.97. The first kappa shape index (κ1) is 19.5. The summed E-state index contributed by atoms with van der Waals surface area (Å²) in [5.41, 5.74) is -11.3. The molecule has 1 aliphatic rings. The molecule has 0 aromatic heterocycles. The van der Waals surface area contributed by atoms with Gasteiger partial charge in [0, 0.05) is 0 Å². The van der Waals surface area contributed by atoms with Crippen molar-refractivity contribution in [1.29, 1.82) is 0 Å². The van der Waals surface area contributed by atoms with E-state index >= 15 is 0 Å². The molecular weight excluding hydrogens is 362 g/mol. The maximum Gasteiger partial charge on any atom is 0.498 e. The molecule has 0 N–H and O–H groups in total. The quantitative estimate of drug-likeness (QED) is 0.712. The molecule has 0 spiro atoms. The molecule has 12 heteroatoms. The SMILES string of the molecule is CCC1[C](S(=O)(=O)C(F)(F)F)CCCC1S(=O)(=O)C(F)(F)F. The predicted molar refractivity (Wildman–Crippen MR) is 64.6 cm³/mol. The highest BCUT2D eigenvalue weighted by Gasteiger charge is 2.60. The number of hydrogen-bond acceptors (Lipinski definition) is 4. The summed E-state index contributed by atoms with van der Waals surface area (Å²) in [5.74, 6) is -1.83. The number of halogens is 6. The van der Waals surface area contributed by atoms with Crippen molar-refractivity contribution in [2.45, 2.75) is 48.9 Å². The maximum atomic E-state index is 12.6. The van der Waals surface area contributed by atoms with E-state index in [1.54, 1.807) is 0 Å². The van der Waals surface area contributed by atoms with Crippen molar-refractivity contribution >= 4 is 19.7 Å². The molecule has 0 aromatic carbocycles. The van der Waals surface area contributed by atoms with Gasteiger partial charge in [-0.3, -0.25) is 0 Å². The first-order valence-electron chi connectivity index (χ1n) is 6.15. The average Bonchev–Trinajstić information content (AvgIpc) is 2.34. The Kier molecular flexibility index (Phi) is 5.18. The zero-order valence-corrected chi connectivity index (χ0v) is 12.8. The third-order valence-corrected chi connectivity index (χ3v) is 7.40. The Bertz CT molecular complexity index is 552. The van der Waals surface area contributed by atoms with Gasteiger partial charge in [-0.25, -0.2) is 16.8 Å². The molecule has 0 aromatic rings. The lowest BCUT2D eigenvalue weighted by Crippen LogP contribution is -2.46. The third kappa shape index (κ3) is 3.22. The summed E-state index contributed by atoms with van der Waals surface area (Å²) in [6.45, 7) is 1.15. The van der Waals surface area contributed by atoms with E-state index in [1.165, 1.54) is 0 Å². The van der Waals surface area contributed by atoms with Crippen LogP contribution in [-0.2, 0) is 19.7 Å². The highest BCUT2D eigenvalue weighted by Crippen LogP contribution is 2.48. The van der Waals surface area contributed by atoms with Crippen molar-refractivity contribution in [1.82, 2.24) is 0 Å². The van der Waals surface area contributed by atoms with Crippen LogP contribution in [0.5, 0.6) is 0 Å². The average molecular weight is 375 g/mol. The molecule has 1 rings (SSSR count). The van der Waals surface area contributed by atoms with Gasteiger partial charge in [0.25, 0.3) is 19.7 Å². The second kappa shape index (κ2) is 5.84. The molecule has 0 aliphatic heterocycles. The summed E-state index contributed by atoms with van der Waals surface area (Å²) in [6, 6.07) is 0. The highest BCUT2D eigenvalue weighted by atomic mass is 32.2. The van der Waals surface area contributed by atoms with Crippen LogP contribution in [-0.4, -0.2) is 33.1 Å². The Hall–Kier alpha value is -0.520. The highest BCUT2D eigenvalue weighted by molar-refractivity contribution is 7.95. The van der Waals surface area contributed by atoms with Crippen molar-refractivity contribution in [2.75, 3.05) is 0 Å². The van der Waals surface area contributed by atoms with Crippen LogP contribution >= 0.6 is 0 Å². The van der Waals surface area contributed by atoms with Crippen LogP contribution in [0.3, 0.4) is 0 Å². The lowest BCUT2D eigenvalue weighted by molar-refractivity contribution is -0.0456. The fourth-order valence-electron chi connectivity index (χ4n) is 2.59. The van der Waals surface area contributed by atoms with E-state index in [-0.39, 0.29) is 6.42 Å². The summed E-state index contributed by atoms with van der Waals surface area (Å²) in [4.78, 5) is 0. The Morgan fingerprint density at radius 3 is 1.86 bits per heavy atom. The van der Waals surface area contributed by atoms with Crippen LogP contribution in [0.25, 0.3) is 0 Å². The molecule has 1 fully saturated rings. The summed E-state index contributed by atoms with van der Waals surface area (Å²) < 4.78 is 122. The van der Waals surface area contributed by atoms with E-state index in [1.807, 2.05) is 0 Å². The maximum absolute atomic E-state index is 12.6. The molecule has 1 saturated carbocycles. The summed E-state index contributed by atoms with van der Waals surface area (Å²) >= 11 is 0. The van der Waals surface area contributed by atoms with Crippen molar-refractivity contribution in [2.24, 2.45) is 5.92 Å². The van der Waals surface area contributed by atoms with E-state index in [0.29, 0.717) is 0 Å². The van der Waals surface area contributed by atoms with Crippen molar-refractivity contribution in [3.63, 3.8) is 0 Å². The molecule has 22 heavy (non-hydrogen) atoms. The number of rotatable bonds is 3. The van der Waals surface area contributed by atoms with Gasteiger partial charge in [-0.15, -0.1) is 0 Å². The Morgan fingerprint density at radius 2 is 1.50 bits per heavy atom. The molecule has 1 radical (unpaired) electrons. The van der Waals surface area contributed by atoms with Crippen LogP contribution < -0.4 is 0 Å². The molecule has 0 bridgehead atoms. The molecule has 1 aliphatic carbocycles. The van der Waals surface area contributed by atoms with Crippen LogP contribution in [0.15, 0.2) is 0 Å². The summed E-state index contributed by atoms with van der Waals surface area (Å²) in [7, 11) is -11.6. The molecule has 0 heterocycles. The standard InChI is InChI=1S/C10H13F6O4S2/c1-2-6-7(21(17,18)9(11,12)13)4-3-5-8(6)22(19,20)10(14,15)16/h6-7H,2-5H2,1H3. The molecule has 131 valence electrons. The van der Waals surface area contributed by atoms with Crippen LogP contribution in [0.4, 0.5) is 26.3 Å². The smallest absolute Gasteiger partial charge is 0.219 e. The van der Waals surface area contributed by atoms with Gasteiger partial charge in [0.05, 0.1) is 5.25 Å². The second-order valence-corrected chi connectivity index (χ2v) is 9.00. The minimum atomic E-state index is -5.81. The summed E-state index contributed by atoms with van der Waals surface area (Å²) in [5, 5.41) is -3.38. The van der Waals surface area contributed by atoms with Crippen molar-refractivity contribution in [3.05, 3.63) is 5.25 Å². The molecular formula is C10H13F6O4S2. The van der Waals surface area contributed by atoms with Crippen molar-refractivity contribution < 1.29 is 43.2 Å². The van der Waals surface area contributed by atoms with Gasteiger partial charge >= 0.3 is 11.0 Å². The number of sulfone groups is 2. The van der Waals surface area contributed by atoms with E-state index in [0.717, 1.165) is 6.92 Å². The largest absolute Gasteiger partial charge is 0.498 e. The fourth-order valence-corrected chi connectivity index (χ4v) is 5.72. The molecule has 4 nitrogen and oxygen atoms in total. The van der Waals surface area contributed by atoms with Gasteiger partial charge in [0.2, 0.25) is 0 Å². The number of hydrogen-bond donors (Lipinski definition) is 0. The zero-order valence-electron chi connectivity index (χ0n) is 11.2. The normalized spacial score (nSPS) is 26.1. The van der Waals surface area contributed by atoms with Crippen LogP contribution in [0, 0.1) is 11.2 Å². The lowest BCUT2D eigenvalue weighted by atomic mass is 9.86. The van der Waals surface area contributed by atoms with E-state index in [2.05, 4.69) is 0 Å². The summed E-state index contributed by atoms with van der Waals surface area (Å²) in [6.07, 6.45) is -1.95. The molecule has 2 atom stereocenters. The first-order chi connectivity index (χ1) is 9.68. The topological polar surface area (TPSA) is 68.3 Å². The minimum absolute atomic E-state index is 0.374. The lowest BCUT2D eigenvalue weighted by Gasteiger charge is -2.36. The van der Waals surface area contributed by atoms with Gasteiger partial charge < -0.3 is 0 Å². The van der Waals surface area contributed by atoms with Crippen molar-refractivity contribution in [3.8, 4) is 0 Å². The Balaban J connectivity index is 3.34. The van der Waals surface area contributed by atoms with E-state index in [9.17, 15) is 43.2 Å². The van der Waals surface area contributed by atoms with E-state index < -0.39 is 66.4 Å². The van der Waals surface area contributed by atoms with Crippen LogP contribution in [0.1, 0.15) is 32.6 Å². The molecule has 0 amide bonds. The van der Waals surface area contributed by atoms with Gasteiger partial charge in [-0.2, -0.15) is 26.3 Å². The second-order valence-electron chi connectivity index (χ2n) is 4.85. The molecule has 0 saturated heterocycles. The van der Waals surface area contributed by atoms with Gasteiger partial charge in [0.15, 0.2) is 0 Å². The Labute approximate surface area is 123 Å². The van der Waals surface area contributed by atoms with Gasteiger partial charge in [0.1, 0.15) is 5.25 Å². The molecule has 2 unspecified atom stereocenters. The fraction of sp³-hybridized carbons (Fsp3) is 0.900. The monoisotopic (exact) mass is 375 g/mol. The van der Waals surface area contributed by atoms with E-state index in [4.69, 9.17) is 0 Å². The van der Waals surface area contributed by atoms with Crippen LogP contribution in [0.2, 0.25) is 0 Å². The third-order valence-electron chi connectivity index (χ3n) is 3.59. The zero-order chi connectivity index (χ0) is 17.6. The van der Waals surface area contributed by atoms with Gasteiger partial charge in [-0.05, 0) is 18.8 Å².